The van der Waals surface area contributed by atoms with E-state index in [0.29, 0.717) is 38.1 Å². The molecule has 1 saturated heterocycles. The first-order valence-electron chi connectivity index (χ1n) is 13.6. The topological polar surface area (TPSA) is 82.7 Å². The number of para-hydroxylation sites is 1. The number of rotatable bonds is 6. The fourth-order valence-corrected chi connectivity index (χ4v) is 6.00. The second kappa shape index (κ2) is 10.4. The zero-order chi connectivity index (χ0) is 26.9. The number of hydrogen-bond donors (Lipinski definition) is 1. The van der Waals surface area contributed by atoms with E-state index < -0.39 is 6.04 Å². The molecule has 3 aromatic carbocycles. The summed E-state index contributed by atoms with van der Waals surface area (Å²) in [6.07, 6.45) is 1.14. The van der Waals surface area contributed by atoms with Crippen molar-refractivity contribution in [3.8, 4) is 11.3 Å². The summed E-state index contributed by atoms with van der Waals surface area (Å²) in [5.74, 6) is -0.624. The van der Waals surface area contributed by atoms with Gasteiger partial charge in [-0.1, -0.05) is 66.7 Å². The van der Waals surface area contributed by atoms with Crippen molar-refractivity contribution in [2.75, 3.05) is 26.2 Å². The number of carbonyl (C=O) groups is 3. The van der Waals surface area contributed by atoms with E-state index in [-0.39, 0.29) is 30.2 Å². The zero-order valence-electron chi connectivity index (χ0n) is 21.9. The van der Waals surface area contributed by atoms with Crippen LogP contribution in [0.4, 0.5) is 0 Å². The Kier molecular flexibility index (Phi) is 6.65. The number of esters is 1. The van der Waals surface area contributed by atoms with E-state index in [1.165, 1.54) is 0 Å². The molecule has 0 spiro atoms. The number of piperidine rings is 1. The molecule has 0 unspecified atom stereocenters. The van der Waals surface area contributed by atoms with Crippen LogP contribution in [0.5, 0.6) is 0 Å². The van der Waals surface area contributed by atoms with Crippen molar-refractivity contribution in [2.24, 2.45) is 5.92 Å². The largest absolute Gasteiger partial charge is 0.466 e. The second-order valence-electron chi connectivity index (χ2n) is 10.2. The minimum atomic E-state index is -0.416. The van der Waals surface area contributed by atoms with Crippen molar-refractivity contribution in [1.29, 1.82) is 0 Å². The van der Waals surface area contributed by atoms with Crippen molar-refractivity contribution in [3.05, 3.63) is 95.6 Å². The van der Waals surface area contributed by atoms with Gasteiger partial charge in [0, 0.05) is 35.1 Å². The van der Waals surface area contributed by atoms with E-state index in [1.54, 1.807) is 16.7 Å². The first-order chi connectivity index (χ1) is 19.1. The third-order valence-electron chi connectivity index (χ3n) is 7.91. The predicted molar refractivity (Wildman–Crippen MR) is 149 cm³/mol. The van der Waals surface area contributed by atoms with Gasteiger partial charge >= 0.3 is 5.97 Å². The van der Waals surface area contributed by atoms with Gasteiger partial charge in [-0.15, -0.1) is 0 Å². The van der Waals surface area contributed by atoms with Crippen LogP contribution in [0.15, 0.2) is 78.9 Å². The lowest BCUT2D eigenvalue weighted by molar-refractivity contribution is -0.151. The van der Waals surface area contributed by atoms with Crippen molar-refractivity contribution < 1.29 is 19.1 Å². The van der Waals surface area contributed by atoms with Gasteiger partial charge in [-0.05, 0) is 43.0 Å². The van der Waals surface area contributed by atoms with Gasteiger partial charge < -0.3 is 19.5 Å². The molecule has 0 aliphatic carbocycles. The molecule has 2 aliphatic heterocycles. The molecule has 2 aliphatic rings. The summed E-state index contributed by atoms with van der Waals surface area (Å²) in [4.78, 5) is 46.6. The molecule has 4 aromatic rings. The van der Waals surface area contributed by atoms with Crippen LogP contribution in [-0.2, 0) is 14.3 Å². The van der Waals surface area contributed by atoms with Crippen LogP contribution < -0.4 is 0 Å². The molecule has 1 N–H and O–H groups in total. The maximum absolute atomic E-state index is 13.8. The fraction of sp³-hybridized carbons (Fsp3) is 0.281. The number of amides is 2. The highest BCUT2D eigenvalue weighted by molar-refractivity contribution is 6.03. The molecule has 7 heteroatoms. The number of ether oxygens (including phenoxy) is 1. The molecule has 2 amide bonds. The lowest BCUT2D eigenvalue weighted by atomic mass is 9.93. The molecule has 7 nitrogen and oxygen atoms in total. The van der Waals surface area contributed by atoms with E-state index in [0.717, 1.165) is 33.3 Å². The summed E-state index contributed by atoms with van der Waals surface area (Å²) in [7, 11) is 0. The number of carbonyl (C=O) groups excluding carboxylic acids is 3. The van der Waals surface area contributed by atoms with Crippen LogP contribution in [0.2, 0.25) is 0 Å². The average Bonchev–Trinajstić information content (AvgIpc) is 3.48. The third kappa shape index (κ3) is 4.48. The Balaban J connectivity index is 1.36. The fourth-order valence-electron chi connectivity index (χ4n) is 6.00. The number of H-pyrrole nitrogens is 1. The lowest BCUT2D eigenvalue weighted by Crippen LogP contribution is -2.46. The Morgan fingerprint density at radius 1 is 0.923 bits per heavy atom. The zero-order valence-corrected chi connectivity index (χ0v) is 21.9. The van der Waals surface area contributed by atoms with Gasteiger partial charge in [0.05, 0.1) is 24.3 Å². The number of hydrogen-bond acceptors (Lipinski definition) is 4. The number of likely N-dealkylation sites (tertiary alicyclic amines) is 1. The maximum atomic E-state index is 13.8. The quantitative estimate of drug-likeness (QED) is 0.355. The molecule has 6 rings (SSSR count). The minimum Gasteiger partial charge on any atom is -0.466 e. The summed E-state index contributed by atoms with van der Waals surface area (Å²) in [6.45, 7) is 3.08. The number of benzene rings is 3. The normalized spacial score (nSPS) is 17.5. The minimum absolute atomic E-state index is 0.0318. The predicted octanol–water partition coefficient (Wildman–Crippen LogP) is 5.18. The van der Waals surface area contributed by atoms with Gasteiger partial charge in [0.15, 0.2) is 0 Å². The average molecular weight is 522 g/mol. The highest BCUT2D eigenvalue weighted by Gasteiger charge is 2.42. The molecular weight excluding hydrogens is 490 g/mol. The Bertz CT molecular complexity index is 1540. The summed E-state index contributed by atoms with van der Waals surface area (Å²) in [5.41, 5.74) is 5.46. The Hall–Kier alpha value is -4.39. The number of aromatic amines is 1. The molecule has 0 saturated carbocycles. The molecule has 1 aromatic heterocycles. The van der Waals surface area contributed by atoms with Gasteiger partial charge in [-0.3, -0.25) is 14.4 Å². The van der Waals surface area contributed by atoms with Crippen molar-refractivity contribution in [3.63, 3.8) is 0 Å². The Labute approximate surface area is 227 Å². The monoisotopic (exact) mass is 521 g/mol. The van der Waals surface area contributed by atoms with Crippen LogP contribution in [0.25, 0.3) is 22.2 Å². The van der Waals surface area contributed by atoms with Gasteiger partial charge in [-0.2, -0.15) is 0 Å². The van der Waals surface area contributed by atoms with E-state index in [1.807, 2.05) is 60.7 Å². The van der Waals surface area contributed by atoms with E-state index in [9.17, 15) is 14.4 Å². The van der Waals surface area contributed by atoms with Crippen LogP contribution >= 0.6 is 0 Å². The molecule has 0 bridgehead atoms. The first kappa shape index (κ1) is 24.9. The molecule has 0 radical (unpaired) electrons. The first-order valence-corrected chi connectivity index (χ1v) is 13.6. The molecule has 1 fully saturated rings. The lowest BCUT2D eigenvalue weighted by Gasteiger charge is -2.33. The van der Waals surface area contributed by atoms with Crippen molar-refractivity contribution >= 4 is 28.7 Å². The highest BCUT2D eigenvalue weighted by Crippen LogP contribution is 2.45. The number of aromatic nitrogens is 1. The van der Waals surface area contributed by atoms with Gasteiger partial charge in [0.2, 0.25) is 5.91 Å². The summed E-state index contributed by atoms with van der Waals surface area (Å²) < 4.78 is 5.17. The maximum Gasteiger partial charge on any atom is 0.309 e. The second-order valence-corrected chi connectivity index (χ2v) is 10.2. The molecule has 198 valence electrons. The van der Waals surface area contributed by atoms with Crippen LogP contribution in [0, 0.1) is 5.92 Å². The number of nitrogens with one attached hydrogen (secondary N) is 1. The SMILES string of the molecule is CCOC(=O)C1CCN(C(=O)CN2C(=O)c3ccccc3[C@H]2c2c(-c3ccccc3)[nH]c3ccccc23)CC1. The highest BCUT2D eigenvalue weighted by atomic mass is 16.5. The number of fused-ring (bicyclic) bond motifs is 2. The summed E-state index contributed by atoms with van der Waals surface area (Å²) >= 11 is 0. The van der Waals surface area contributed by atoms with Crippen molar-refractivity contribution in [2.45, 2.75) is 25.8 Å². The van der Waals surface area contributed by atoms with E-state index in [2.05, 4.69) is 23.2 Å². The summed E-state index contributed by atoms with van der Waals surface area (Å²) in [6, 6.07) is 25.4. The Morgan fingerprint density at radius 2 is 1.62 bits per heavy atom. The van der Waals surface area contributed by atoms with Crippen LogP contribution in [0.1, 0.15) is 47.3 Å². The third-order valence-corrected chi connectivity index (χ3v) is 7.91. The Morgan fingerprint density at radius 3 is 2.38 bits per heavy atom. The number of nitrogens with zero attached hydrogens (tertiary/aromatic N) is 2. The summed E-state index contributed by atoms with van der Waals surface area (Å²) in [5, 5.41) is 1.03. The van der Waals surface area contributed by atoms with Crippen LogP contribution in [0.3, 0.4) is 0 Å². The van der Waals surface area contributed by atoms with Crippen LogP contribution in [-0.4, -0.2) is 58.8 Å². The van der Waals surface area contributed by atoms with E-state index >= 15 is 0 Å². The van der Waals surface area contributed by atoms with Gasteiger partial charge in [0.1, 0.15) is 6.54 Å². The standard InChI is InChI=1S/C32H31N3O4/c1-2-39-32(38)22-16-18-34(19-17-22)27(36)20-35-30(23-12-6-7-13-24(23)31(35)37)28-25-14-8-9-15-26(25)33-29(28)21-10-4-3-5-11-21/h3-15,22,30,33H,2,16-20H2,1H3/t30-/m0/s1. The smallest absolute Gasteiger partial charge is 0.309 e. The molecule has 39 heavy (non-hydrogen) atoms. The van der Waals surface area contributed by atoms with E-state index in [4.69, 9.17) is 4.74 Å². The molecule has 3 heterocycles. The van der Waals surface area contributed by atoms with Crippen molar-refractivity contribution in [1.82, 2.24) is 14.8 Å². The van der Waals surface area contributed by atoms with Gasteiger partial charge in [-0.25, -0.2) is 0 Å². The molecular formula is C32H31N3O4. The van der Waals surface area contributed by atoms with Gasteiger partial charge in [0.25, 0.3) is 5.91 Å². The molecule has 1 atom stereocenters.